The number of anilines is 2. The third-order valence-corrected chi connectivity index (χ3v) is 4.19. The number of nitrogens with zero attached hydrogens (tertiary/aromatic N) is 4. The molecule has 3 heterocycles. The van der Waals surface area contributed by atoms with Gasteiger partial charge in [-0.15, -0.1) is 0 Å². The molecule has 3 N–H and O–H groups in total. The molecule has 0 saturated heterocycles. The summed E-state index contributed by atoms with van der Waals surface area (Å²) in [5.41, 5.74) is 5.14. The van der Waals surface area contributed by atoms with Gasteiger partial charge in [-0.1, -0.05) is 0 Å². The molecule has 0 saturated carbocycles. The molecule has 0 aromatic carbocycles. The van der Waals surface area contributed by atoms with Crippen LogP contribution in [0.2, 0.25) is 0 Å². The van der Waals surface area contributed by atoms with Crippen LogP contribution in [0.4, 0.5) is 11.4 Å². The summed E-state index contributed by atoms with van der Waals surface area (Å²) in [5.74, 6) is 0.529. The first-order valence-electron chi connectivity index (χ1n) is 9.11. The zero-order chi connectivity index (χ0) is 20.1. The van der Waals surface area contributed by atoms with Gasteiger partial charge in [0.2, 0.25) is 5.88 Å². The predicted molar refractivity (Wildman–Crippen MR) is 111 cm³/mol. The maximum Gasteiger partial charge on any atom is 0.222 e. The van der Waals surface area contributed by atoms with E-state index in [4.69, 9.17) is 15.1 Å². The van der Waals surface area contributed by atoms with Crippen LogP contribution in [0.3, 0.4) is 0 Å². The molecule has 0 fully saturated rings. The van der Waals surface area contributed by atoms with Crippen LogP contribution in [0, 0.1) is 5.41 Å². The molecular formula is C20H25N7O. The van der Waals surface area contributed by atoms with Crippen molar-refractivity contribution in [2.45, 2.75) is 20.4 Å². The topological polar surface area (TPSA) is 101 Å². The second kappa shape index (κ2) is 8.51. The fourth-order valence-corrected chi connectivity index (χ4v) is 2.94. The van der Waals surface area contributed by atoms with Gasteiger partial charge in [0.25, 0.3) is 0 Å². The molecular weight excluding hydrogens is 354 g/mol. The quantitative estimate of drug-likeness (QED) is 0.519. The van der Waals surface area contributed by atoms with E-state index >= 15 is 0 Å². The van der Waals surface area contributed by atoms with Gasteiger partial charge in [0, 0.05) is 38.6 Å². The summed E-state index contributed by atoms with van der Waals surface area (Å²) in [7, 11) is 3.72. The van der Waals surface area contributed by atoms with Crippen molar-refractivity contribution < 1.29 is 4.74 Å². The Morgan fingerprint density at radius 2 is 2.18 bits per heavy atom. The summed E-state index contributed by atoms with van der Waals surface area (Å²) in [4.78, 5) is 9.04. The summed E-state index contributed by atoms with van der Waals surface area (Å²) >= 11 is 0. The van der Waals surface area contributed by atoms with E-state index in [-0.39, 0.29) is 0 Å². The molecule has 146 valence electrons. The lowest BCUT2D eigenvalue weighted by molar-refractivity contribution is 0.328. The molecule has 3 aromatic rings. The molecule has 0 amide bonds. The Morgan fingerprint density at radius 3 is 2.82 bits per heavy atom. The third-order valence-electron chi connectivity index (χ3n) is 4.19. The lowest BCUT2D eigenvalue weighted by Gasteiger charge is -2.17. The van der Waals surface area contributed by atoms with Gasteiger partial charge in [-0.05, 0) is 32.0 Å². The van der Waals surface area contributed by atoms with Crippen molar-refractivity contribution in [3.63, 3.8) is 0 Å². The van der Waals surface area contributed by atoms with Crippen molar-refractivity contribution in [2.75, 3.05) is 24.3 Å². The molecule has 0 spiro atoms. The molecule has 0 radical (unpaired) electrons. The zero-order valence-corrected chi connectivity index (χ0v) is 16.6. The molecule has 0 bridgehead atoms. The number of aryl methyl sites for hydroxylation is 1. The van der Waals surface area contributed by atoms with Gasteiger partial charge in [0.1, 0.15) is 5.69 Å². The van der Waals surface area contributed by atoms with Gasteiger partial charge >= 0.3 is 0 Å². The van der Waals surface area contributed by atoms with Crippen molar-refractivity contribution >= 4 is 17.1 Å². The SMILES string of the molecule is CCOc1ncccc1-c1cc(NCc2cnn(C)c2)c(NC)c(C(C)=N)n1. The number of rotatable bonds is 8. The molecule has 0 aliphatic rings. The normalized spacial score (nSPS) is 10.6. The predicted octanol–water partition coefficient (Wildman–Crippen LogP) is 3.32. The van der Waals surface area contributed by atoms with Crippen LogP contribution in [-0.4, -0.2) is 39.1 Å². The minimum Gasteiger partial charge on any atom is -0.477 e. The molecule has 3 aromatic heterocycles. The molecule has 3 rings (SSSR count). The van der Waals surface area contributed by atoms with E-state index in [2.05, 4.69) is 20.7 Å². The molecule has 0 aliphatic carbocycles. The van der Waals surface area contributed by atoms with E-state index in [9.17, 15) is 0 Å². The van der Waals surface area contributed by atoms with Crippen LogP contribution in [0.15, 0.2) is 36.8 Å². The summed E-state index contributed by atoms with van der Waals surface area (Å²) in [6.45, 7) is 4.77. The first kappa shape index (κ1) is 19.3. The van der Waals surface area contributed by atoms with E-state index in [1.807, 2.05) is 51.6 Å². The fourth-order valence-electron chi connectivity index (χ4n) is 2.94. The number of aromatic nitrogens is 4. The monoisotopic (exact) mass is 379 g/mol. The maximum atomic E-state index is 8.18. The molecule has 8 heteroatoms. The van der Waals surface area contributed by atoms with Crippen LogP contribution in [-0.2, 0) is 13.6 Å². The van der Waals surface area contributed by atoms with E-state index in [0.29, 0.717) is 36.1 Å². The van der Waals surface area contributed by atoms with Gasteiger partial charge < -0.3 is 20.8 Å². The highest BCUT2D eigenvalue weighted by Gasteiger charge is 2.17. The van der Waals surface area contributed by atoms with Crippen molar-refractivity contribution in [3.05, 3.63) is 48.0 Å². The third kappa shape index (κ3) is 4.11. The van der Waals surface area contributed by atoms with Crippen LogP contribution >= 0.6 is 0 Å². The molecule has 8 nitrogen and oxygen atoms in total. The van der Waals surface area contributed by atoms with Gasteiger partial charge in [-0.2, -0.15) is 5.10 Å². The summed E-state index contributed by atoms with van der Waals surface area (Å²) < 4.78 is 7.44. The van der Waals surface area contributed by atoms with Crippen LogP contribution in [0.5, 0.6) is 5.88 Å². The Labute approximate surface area is 164 Å². The van der Waals surface area contributed by atoms with E-state index < -0.39 is 0 Å². The Kier molecular flexibility index (Phi) is 5.88. The minimum absolute atomic E-state index is 0.373. The van der Waals surface area contributed by atoms with Gasteiger partial charge in [0.05, 0.1) is 41.1 Å². The largest absolute Gasteiger partial charge is 0.477 e. The standard InChI is InChI=1S/C20H25N7O/c1-5-28-20-15(7-6-8-23-20)16-9-17(19(22-3)18(26-16)13(2)21)24-10-14-11-25-27(4)12-14/h6-9,11-12,21-22H,5,10H2,1-4H3,(H,24,26). The number of hydrogen-bond donors (Lipinski definition) is 3. The van der Waals surface area contributed by atoms with Gasteiger partial charge in [0.15, 0.2) is 0 Å². The van der Waals surface area contributed by atoms with Crippen molar-refractivity contribution in [1.29, 1.82) is 5.41 Å². The zero-order valence-electron chi connectivity index (χ0n) is 16.6. The number of hydrogen-bond acceptors (Lipinski definition) is 7. The second-order valence-corrected chi connectivity index (χ2v) is 6.32. The Bertz CT molecular complexity index is 980. The van der Waals surface area contributed by atoms with E-state index in [0.717, 1.165) is 22.5 Å². The minimum atomic E-state index is 0.373. The Morgan fingerprint density at radius 1 is 1.36 bits per heavy atom. The highest BCUT2D eigenvalue weighted by atomic mass is 16.5. The summed E-state index contributed by atoms with van der Waals surface area (Å²) in [5, 5.41) is 19.0. The van der Waals surface area contributed by atoms with Crippen molar-refractivity contribution in [2.24, 2.45) is 7.05 Å². The smallest absolute Gasteiger partial charge is 0.222 e. The molecule has 28 heavy (non-hydrogen) atoms. The summed E-state index contributed by atoms with van der Waals surface area (Å²) in [6, 6.07) is 5.73. The van der Waals surface area contributed by atoms with Gasteiger partial charge in [-0.25, -0.2) is 9.97 Å². The molecule has 0 unspecified atom stereocenters. The van der Waals surface area contributed by atoms with Crippen LogP contribution in [0.1, 0.15) is 25.1 Å². The number of nitrogens with one attached hydrogen (secondary N) is 3. The number of pyridine rings is 2. The molecule has 0 atom stereocenters. The maximum absolute atomic E-state index is 8.18. The Balaban J connectivity index is 2.06. The van der Waals surface area contributed by atoms with Crippen LogP contribution in [0.25, 0.3) is 11.3 Å². The Hall–Kier alpha value is -3.42. The van der Waals surface area contributed by atoms with E-state index in [1.54, 1.807) is 17.8 Å². The fraction of sp³-hybridized carbons (Fsp3) is 0.300. The van der Waals surface area contributed by atoms with Crippen molar-refractivity contribution in [3.8, 4) is 17.1 Å². The van der Waals surface area contributed by atoms with Crippen molar-refractivity contribution in [1.82, 2.24) is 19.7 Å². The average Bonchev–Trinajstić information content (AvgIpc) is 3.11. The van der Waals surface area contributed by atoms with Gasteiger partial charge in [-0.3, -0.25) is 4.68 Å². The lowest BCUT2D eigenvalue weighted by Crippen LogP contribution is -2.10. The first-order chi connectivity index (χ1) is 13.5. The highest BCUT2D eigenvalue weighted by Crippen LogP contribution is 2.34. The first-order valence-corrected chi connectivity index (χ1v) is 9.11. The average molecular weight is 379 g/mol. The molecule has 0 aliphatic heterocycles. The van der Waals surface area contributed by atoms with Crippen LogP contribution < -0.4 is 15.4 Å². The second-order valence-electron chi connectivity index (χ2n) is 6.32. The lowest BCUT2D eigenvalue weighted by atomic mass is 10.1. The number of ether oxygens (including phenoxy) is 1. The highest BCUT2D eigenvalue weighted by molar-refractivity contribution is 6.03. The van der Waals surface area contributed by atoms with E-state index in [1.165, 1.54) is 0 Å². The summed E-state index contributed by atoms with van der Waals surface area (Å²) in [6.07, 6.45) is 5.48.